The SMILES string of the molecule is O=C(Nc1ccc(-c2cc(Nc3ccc(N4CCOC5(CC5)C4)cn3)c3c(=O)[nH]ccc3n2)c(F)c1)C1CCCCC1. The Kier molecular flexibility index (Phi) is 6.85. The van der Waals surface area contributed by atoms with E-state index in [1.165, 1.54) is 12.3 Å². The molecule has 1 aromatic carbocycles. The number of fused-ring (bicyclic) bond motifs is 1. The van der Waals surface area contributed by atoms with Crippen LogP contribution < -0.4 is 21.1 Å². The predicted molar refractivity (Wildman–Crippen MR) is 161 cm³/mol. The third kappa shape index (κ3) is 5.34. The Labute approximate surface area is 242 Å². The van der Waals surface area contributed by atoms with Crippen LogP contribution in [0.3, 0.4) is 0 Å². The van der Waals surface area contributed by atoms with Gasteiger partial charge in [-0.05, 0) is 68.1 Å². The molecule has 4 aromatic rings. The lowest BCUT2D eigenvalue weighted by atomic mass is 9.88. The number of aromatic amines is 1. The van der Waals surface area contributed by atoms with Gasteiger partial charge in [-0.1, -0.05) is 19.3 Å². The minimum absolute atomic E-state index is 0.0109. The standard InChI is InChI=1S/C32H33FN6O3/c33-24-16-21(36-30(40)20-4-2-1-3-5-20)6-8-23(24)26-17-27(29-25(37-26)10-13-34-31(29)41)38-28-9-7-22(18-35-28)39-14-15-42-32(19-39)11-12-32/h6-10,13,16-18,20H,1-5,11-12,14-15,19H2,(H,34,41)(H,36,40)(H,35,37,38). The number of nitrogens with zero attached hydrogens (tertiary/aromatic N) is 3. The number of ether oxygens (including phenoxy) is 1. The molecule has 0 bridgehead atoms. The fraction of sp³-hybridized carbons (Fsp3) is 0.375. The van der Waals surface area contributed by atoms with Gasteiger partial charge in [0.1, 0.15) is 11.6 Å². The van der Waals surface area contributed by atoms with Gasteiger partial charge in [0.05, 0.1) is 46.4 Å². The van der Waals surface area contributed by atoms with E-state index in [0.717, 1.165) is 63.7 Å². The first-order valence-corrected chi connectivity index (χ1v) is 14.7. The van der Waals surface area contributed by atoms with Crippen LogP contribution in [0.5, 0.6) is 0 Å². The van der Waals surface area contributed by atoms with Crippen molar-refractivity contribution in [2.75, 3.05) is 35.2 Å². The van der Waals surface area contributed by atoms with Gasteiger partial charge < -0.3 is 25.3 Å². The van der Waals surface area contributed by atoms with Crippen molar-refractivity contribution < 1.29 is 13.9 Å². The average Bonchev–Trinajstić information content (AvgIpc) is 3.75. The van der Waals surface area contributed by atoms with Crippen molar-refractivity contribution in [3.8, 4) is 11.3 Å². The molecule has 2 aliphatic carbocycles. The van der Waals surface area contributed by atoms with E-state index in [2.05, 4.69) is 30.5 Å². The number of carbonyl (C=O) groups excluding carboxylic acids is 1. The van der Waals surface area contributed by atoms with Gasteiger partial charge in [0.15, 0.2) is 0 Å². The Morgan fingerprint density at radius 1 is 1.10 bits per heavy atom. The Morgan fingerprint density at radius 3 is 2.71 bits per heavy atom. The first-order valence-electron chi connectivity index (χ1n) is 14.7. The van der Waals surface area contributed by atoms with E-state index in [1.807, 2.05) is 18.3 Å². The highest BCUT2D eigenvalue weighted by atomic mass is 19.1. The van der Waals surface area contributed by atoms with Gasteiger partial charge in [-0.2, -0.15) is 0 Å². The molecule has 1 saturated heterocycles. The van der Waals surface area contributed by atoms with E-state index in [1.54, 1.807) is 24.3 Å². The van der Waals surface area contributed by atoms with Crippen molar-refractivity contribution in [2.24, 2.45) is 5.92 Å². The number of halogens is 1. The fourth-order valence-electron chi connectivity index (χ4n) is 6.13. The summed E-state index contributed by atoms with van der Waals surface area (Å²) in [5, 5.41) is 6.48. The van der Waals surface area contributed by atoms with Crippen LogP contribution in [0.4, 0.5) is 27.3 Å². The molecule has 10 heteroatoms. The molecule has 3 N–H and O–H groups in total. The summed E-state index contributed by atoms with van der Waals surface area (Å²) in [7, 11) is 0. The molecule has 0 radical (unpaired) electrons. The predicted octanol–water partition coefficient (Wildman–Crippen LogP) is 5.76. The van der Waals surface area contributed by atoms with E-state index >= 15 is 4.39 Å². The quantitative estimate of drug-likeness (QED) is 0.271. The number of aromatic nitrogens is 3. The van der Waals surface area contributed by atoms with Gasteiger partial charge >= 0.3 is 0 Å². The molecule has 3 aromatic heterocycles. The number of benzene rings is 1. The Balaban J connectivity index is 1.15. The molecule has 1 spiro atoms. The molecule has 216 valence electrons. The number of hydrogen-bond donors (Lipinski definition) is 3. The van der Waals surface area contributed by atoms with Crippen LogP contribution in [0.25, 0.3) is 22.2 Å². The number of carbonyl (C=O) groups is 1. The highest BCUT2D eigenvalue weighted by Crippen LogP contribution is 2.43. The van der Waals surface area contributed by atoms with Crippen LogP contribution in [-0.4, -0.2) is 46.2 Å². The van der Waals surface area contributed by atoms with E-state index in [9.17, 15) is 9.59 Å². The Hall–Kier alpha value is -4.31. The van der Waals surface area contributed by atoms with Gasteiger partial charge in [0, 0.05) is 36.5 Å². The number of amides is 1. The molecule has 0 unspecified atom stereocenters. The first kappa shape index (κ1) is 26.6. The molecule has 0 atom stereocenters. The highest BCUT2D eigenvalue weighted by molar-refractivity contribution is 5.95. The number of anilines is 4. The molecule has 3 fully saturated rings. The highest BCUT2D eigenvalue weighted by Gasteiger charge is 2.47. The molecule has 7 rings (SSSR count). The van der Waals surface area contributed by atoms with Crippen molar-refractivity contribution in [3.05, 3.63) is 71.0 Å². The lowest BCUT2D eigenvalue weighted by molar-refractivity contribution is -0.120. The summed E-state index contributed by atoms with van der Waals surface area (Å²) in [6, 6.07) is 11.8. The Bertz CT molecular complexity index is 1700. The lowest BCUT2D eigenvalue weighted by Crippen LogP contribution is -2.44. The molecule has 2 saturated carbocycles. The summed E-state index contributed by atoms with van der Waals surface area (Å²) in [6.07, 6.45) is 10.5. The van der Waals surface area contributed by atoms with Gasteiger partial charge in [-0.15, -0.1) is 0 Å². The molecule has 3 aliphatic rings. The van der Waals surface area contributed by atoms with Crippen LogP contribution in [0.2, 0.25) is 0 Å². The Morgan fingerprint density at radius 2 is 1.95 bits per heavy atom. The molecule has 9 nitrogen and oxygen atoms in total. The number of morpholine rings is 1. The van der Waals surface area contributed by atoms with Gasteiger partial charge in [-0.3, -0.25) is 9.59 Å². The van der Waals surface area contributed by atoms with Crippen LogP contribution in [0, 0.1) is 11.7 Å². The average molecular weight is 569 g/mol. The fourth-order valence-corrected chi connectivity index (χ4v) is 6.13. The molecule has 42 heavy (non-hydrogen) atoms. The van der Waals surface area contributed by atoms with E-state index in [0.29, 0.717) is 40.4 Å². The summed E-state index contributed by atoms with van der Waals surface area (Å²) in [5.41, 5.74) is 2.65. The summed E-state index contributed by atoms with van der Waals surface area (Å²) < 4.78 is 21.4. The van der Waals surface area contributed by atoms with Gasteiger partial charge in [-0.25, -0.2) is 14.4 Å². The smallest absolute Gasteiger partial charge is 0.259 e. The van der Waals surface area contributed by atoms with E-state index in [-0.39, 0.29) is 28.5 Å². The second-order valence-electron chi connectivity index (χ2n) is 11.6. The summed E-state index contributed by atoms with van der Waals surface area (Å²) in [5.74, 6) is -0.0473. The zero-order valence-corrected chi connectivity index (χ0v) is 23.3. The lowest BCUT2D eigenvalue weighted by Gasteiger charge is -2.34. The number of nitrogens with one attached hydrogen (secondary N) is 3. The molecule has 1 amide bonds. The maximum atomic E-state index is 15.4. The number of pyridine rings is 3. The van der Waals surface area contributed by atoms with E-state index in [4.69, 9.17) is 4.74 Å². The van der Waals surface area contributed by atoms with Crippen molar-refractivity contribution in [3.63, 3.8) is 0 Å². The van der Waals surface area contributed by atoms with E-state index < -0.39 is 5.82 Å². The minimum Gasteiger partial charge on any atom is -0.371 e. The van der Waals surface area contributed by atoms with Crippen LogP contribution in [0.1, 0.15) is 44.9 Å². The second kappa shape index (κ2) is 10.8. The zero-order valence-electron chi connectivity index (χ0n) is 23.3. The normalized spacial score (nSPS) is 18.3. The number of rotatable bonds is 6. The van der Waals surface area contributed by atoms with Crippen LogP contribution >= 0.6 is 0 Å². The van der Waals surface area contributed by atoms with Gasteiger partial charge in [0.25, 0.3) is 5.56 Å². The van der Waals surface area contributed by atoms with Crippen molar-refractivity contribution in [2.45, 2.75) is 50.5 Å². The third-order valence-electron chi connectivity index (χ3n) is 8.65. The first-order chi connectivity index (χ1) is 20.5. The second-order valence-corrected chi connectivity index (χ2v) is 11.6. The summed E-state index contributed by atoms with van der Waals surface area (Å²) in [4.78, 5) is 39.7. The maximum Gasteiger partial charge on any atom is 0.259 e. The van der Waals surface area contributed by atoms with Crippen LogP contribution in [-0.2, 0) is 9.53 Å². The topological polar surface area (TPSA) is 112 Å². The molecule has 4 heterocycles. The molecular formula is C32H33FN6O3. The van der Waals surface area contributed by atoms with Gasteiger partial charge in [0.2, 0.25) is 5.91 Å². The monoisotopic (exact) mass is 568 g/mol. The summed E-state index contributed by atoms with van der Waals surface area (Å²) in [6.45, 7) is 2.39. The van der Waals surface area contributed by atoms with Crippen LogP contribution in [0.15, 0.2) is 59.7 Å². The molecule has 1 aliphatic heterocycles. The van der Waals surface area contributed by atoms with Crippen molar-refractivity contribution in [1.29, 1.82) is 0 Å². The maximum absolute atomic E-state index is 15.4. The van der Waals surface area contributed by atoms with Crippen molar-refractivity contribution >= 4 is 39.7 Å². The third-order valence-corrected chi connectivity index (χ3v) is 8.65. The zero-order chi connectivity index (χ0) is 28.7. The summed E-state index contributed by atoms with van der Waals surface area (Å²) >= 11 is 0. The molecular weight excluding hydrogens is 535 g/mol. The van der Waals surface area contributed by atoms with Crippen molar-refractivity contribution in [1.82, 2.24) is 15.0 Å². The minimum atomic E-state index is -0.513. The largest absolute Gasteiger partial charge is 0.371 e. The number of H-pyrrole nitrogens is 1. The number of hydrogen-bond acceptors (Lipinski definition) is 7.